The predicted octanol–water partition coefficient (Wildman–Crippen LogP) is 4.55. The molecule has 1 amide bonds. The molecule has 0 radical (unpaired) electrons. The van der Waals surface area contributed by atoms with Crippen LogP contribution in [0.4, 0.5) is 0 Å². The summed E-state index contributed by atoms with van der Waals surface area (Å²) >= 11 is 5.07. The van der Waals surface area contributed by atoms with Crippen LogP contribution in [0.5, 0.6) is 0 Å². The van der Waals surface area contributed by atoms with Crippen LogP contribution < -0.4 is 0 Å². The lowest BCUT2D eigenvalue weighted by Gasteiger charge is -2.34. The molecule has 0 saturated carbocycles. The number of piperazine rings is 1. The van der Waals surface area contributed by atoms with E-state index in [4.69, 9.17) is 4.98 Å². The van der Waals surface area contributed by atoms with Crippen molar-refractivity contribution in [2.75, 3.05) is 32.4 Å². The Morgan fingerprint density at radius 1 is 1.11 bits per heavy atom. The Morgan fingerprint density at radius 3 is 2.67 bits per heavy atom. The molecule has 0 unspecified atom stereocenters. The van der Waals surface area contributed by atoms with Crippen LogP contribution in [0.15, 0.2) is 52.1 Å². The molecule has 0 atom stereocenters. The van der Waals surface area contributed by atoms with Gasteiger partial charge in [0.05, 0.1) is 22.7 Å². The summed E-state index contributed by atoms with van der Waals surface area (Å²) < 4.78 is 0. The average Bonchev–Trinajstić information content (AvgIpc) is 3.40. The summed E-state index contributed by atoms with van der Waals surface area (Å²) in [5, 5.41) is 5.37. The first kappa shape index (κ1) is 18.7. The van der Waals surface area contributed by atoms with Crippen LogP contribution in [0.2, 0.25) is 0 Å². The van der Waals surface area contributed by atoms with E-state index in [-0.39, 0.29) is 5.91 Å². The van der Waals surface area contributed by atoms with Crippen LogP contribution in [-0.2, 0) is 6.54 Å². The first-order valence-corrected chi connectivity index (χ1v) is 11.9. The molecular formula is C20H21N3OS3. The number of aromatic nitrogens is 1. The number of thioether (sulfide) groups is 1. The molecule has 1 aromatic carbocycles. The fourth-order valence-corrected chi connectivity index (χ4v) is 5.40. The number of carbonyl (C=O) groups is 1. The minimum atomic E-state index is 0.147. The van der Waals surface area contributed by atoms with E-state index in [0.29, 0.717) is 0 Å². The molecule has 1 aliphatic rings. The summed E-state index contributed by atoms with van der Waals surface area (Å²) in [7, 11) is 0. The molecule has 3 heterocycles. The smallest absolute Gasteiger partial charge is 0.255 e. The monoisotopic (exact) mass is 415 g/mol. The van der Waals surface area contributed by atoms with Gasteiger partial charge in [0.15, 0.2) is 0 Å². The second-order valence-electron chi connectivity index (χ2n) is 6.37. The molecule has 4 nitrogen and oxygen atoms in total. The maximum Gasteiger partial charge on any atom is 0.255 e. The lowest BCUT2D eigenvalue weighted by Crippen LogP contribution is -2.48. The number of benzene rings is 1. The van der Waals surface area contributed by atoms with Crippen LogP contribution in [0.25, 0.3) is 10.6 Å². The average molecular weight is 416 g/mol. The van der Waals surface area contributed by atoms with E-state index in [0.717, 1.165) is 53.9 Å². The molecule has 140 valence electrons. The minimum absolute atomic E-state index is 0.147. The first-order valence-electron chi connectivity index (χ1n) is 8.87. The SMILES string of the molecule is CSc1ccccc1C(=O)N1CCN(Cc2nc(-c3cccs3)cs2)CC1. The highest BCUT2D eigenvalue weighted by Crippen LogP contribution is 2.27. The lowest BCUT2D eigenvalue weighted by molar-refractivity contribution is 0.0625. The third-order valence-electron chi connectivity index (χ3n) is 4.68. The fourth-order valence-electron chi connectivity index (χ4n) is 3.21. The van der Waals surface area contributed by atoms with Gasteiger partial charge in [0.2, 0.25) is 0 Å². The molecule has 0 N–H and O–H groups in total. The van der Waals surface area contributed by atoms with Crippen molar-refractivity contribution < 1.29 is 4.79 Å². The Balaban J connectivity index is 1.34. The van der Waals surface area contributed by atoms with Crippen LogP contribution >= 0.6 is 34.4 Å². The molecule has 7 heteroatoms. The van der Waals surface area contributed by atoms with Gasteiger partial charge in [-0.05, 0) is 29.8 Å². The summed E-state index contributed by atoms with van der Waals surface area (Å²) in [6.07, 6.45) is 2.02. The predicted molar refractivity (Wildman–Crippen MR) is 115 cm³/mol. The quantitative estimate of drug-likeness (QED) is 0.573. The van der Waals surface area contributed by atoms with Gasteiger partial charge in [0.1, 0.15) is 5.01 Å². The highest BCUT2D eigenvalue weighted by atomic mass is 32.2. The van der Waals surface area contributed by atoms with Crippen molar-refractivity contribution in [3.8, 4) is 10.6 Å². The van der Waals surface area contributed by atoms with Crippen molar-refractivity contribution in [2.24, 2.45) is 0 Å². The number of nitrogens with zero attached hydrogens (tertiary/aromatic N) is 3. The van der Waals surface area contributed by atoms with Gasteiger partial charge in [-0.15, -0.1) is 34.4 Å². The van der Waals surface area contributed by atoms with E-state index >= 15 is 0 Å². The van der Waals surface area contributed by atoms with Crippen LogP contribution in [0, 0.1) is 0 Å². The van der Waals surface area contributed by atoms with E-state index < -0.39 is 0 Å². The normalized spacial score (nSPS) is 15.2. The molecule has 4 rings (SSSR count). The number of amides is 1. The number of hydrogen-bond acceptors (Lipinski definition) is 6. The topological polar surface area (TPSA) is 36.4 Å². The van der Waals surface area contributed by atoms with E-state index in [1.54, 1.807) is 34.4 Å². The van der Waals surface area contributed by atoms with Gasteiger partial charge in [-0.3, -0.25) is 9.69 Å². The van der Waals surface area contributed by atoms with E-state index in [1.165, 1.54) is 4.88 Å². The molecule has 2 aromatic heterocycles. The maximum atomic E-state index is 12.9. The van der Waals surface area contributed by atoms with Crippen molar-refractivity contribution >= 4 is 40.3 Å². The zero-order valence-electron chi connectivity index (χ0n) is 15.1. The van der Waals surface area contributed by atoms with Gasteiger partial charge in [0, 0.05) is 36.5 Å². The van der Waals surface area contributed by atoms with Crippen molar-refractivity contribution in [1.82, 2.24) is 14.8 Å². The molecule has 0 aliphatic carbocycles. The summed E-state index contributed by atoms with van der Waals surface area (Å²) in [5.74, 6) is 0.147. The number of rotatable bonds is 5. The largest absolute Gasteiger partial charge is 0.336 e. The van der Waals surface area contributed by atoms with Gasteiger partial charge < -0.3 is 4.90 Å². The molecule has 27 heavy (non-hydrogen) atoms. The molecule has 0 spiro atoms. The van der Waals surface area contributed by atoms with Gasteiger partial charge in [-0.25, -0.2) is 4.98 Å². The standard InChI is InChI=1S/C20H21N3OS3/c1-25-17-6-3-2-5-15(17)20(24)23-10-8-22(9-11-23)13-19-21-16(14-27-19)18-7-4-12-26-18/h2-7,12,14H,8-11,13H2,1H3. The lowest BCUT2D eigenvalue weighted by atomic mass is 10.2. The van der Waals surface area contributed by atoms with E-state index in [2.05, 4.69) is 27.8 Å². The van der Waals surface area contributed by atoms with Gasteiger partial charge in [0.25, 0.3) is 5.91 Å². The van der Waals surface area contributed by atoms with Crippen LogP contribution in [-0.4, -0.2) is 53.1 Å². The number of thiophene rings is 1. The van der Waals surface area contributed by atoms with E-state index in [1.807, 2.05) is 35.4 Å². The van der Waals surface area contributed by atoms with Crippen LogP contribution in [0.1, 0.15) is 15.4 Å². The molecule has 1 fully saturated rings. The van der Waals surface area contributed by atoms with Crippen molar-refractivity contribution in [3.63, 3.8) is 0 Å². The molecule has 1 aliphatic heterocycles. The summed E-state index contributed by atoms with van der Waals surface area (Å²) in [4.78, 5) is 24.3. The summed E-state index contributed by atoms with van der Waals surface area (Å²) in [5.41, 5.74) is 1.89. The van der Waals surface area contributed by atoms with Crippen LogP contribution in [0.3, 0.4) is 0 Å². The second-order valence-corrected chi connectivity index (χ2v) is 9.11. The zero-order valence-corrected chi connectivity index (χ0v) is 17.6. The van der Waals surface area contributed by atoms with E-state index in [9.17, 15) is 4.79 Å². The summed E-state index contributed by atoms with van der Waals surface area (Å²) in [6, 6.07) is 12.0. The highest BCUT2D eigenvalue weighted by molar-refractivity contribution is 7.98. The van der Waals surface area contributed by atoms with Gasteiger partial charge in [-0.2, -0.15) is 0 Å². The molecule has 0 bridgehead atoms. The summed E-state index contributed by atoms with van der Waals surface area (Å²) in [6.45, 7) is 4.18. The van der Waals surface area contributed by atoms with Crippen molar-refractivity contribution in [1.29, 1.82) is 0 Å². The Kier molecular flexibility index (Phi) is 5.92. The number of carbonyl (C=O) groups excluding carboxylic acids is 1. The fraction of sp³-hybridized carbons (Fsp3) is 0.300. The van der Waals surface area contributed by atoms with Gasteiger partial charge >= 0.3 is 0 Å². The number of thiazole rings is 1. The molecule has 1 saturated heterocycles. The molecule has 3 aromatic rings. The molecular weight excluding hydrogens is 394 g/mol. The Labute approximate surface area is 171 Å². The third kappa shape index (κ3) is 4.27. The Hall–Kier alpha value is -1.67. The number of hydrogen-bond donors (Lipinski definition) is 0. The van der Waals surface area contributed by atoms with Gasteiger partial charge in [-0.1, -0.05) is 18.2 Å². The first-order chi connectivity index (χ1) is 13.2. The Bertz CT molecular complexity index is 899. The second kappa shape index (κ2) is 8.56. The highest BCUT2D eigenvalue weighted by Gasteiger charge is 2.24. The minimum Gasteiger partial charge on any atom is -0.336 e. The van der Waals surface area contributed by atoms with Crippen molar-refractivity contribution in [2.45, 2.75) is 11.4 Å². The third-order valence-corrected chi connectivity index (χ3v) is 7.20. The van der Waals surface area contributed by atoms with Crippen molar-refractivity contribution in [3.05, 3.63) is 57.7 Å². The maximum absolute atomic E-state index is 12.9. The zero-order chi connectivity index (χ0) is 18.6. The Morgan fingerprint density at radius 2 is 1.93 bits per heavy atom.